The van der Waals surface area contributed by atoms with Crippen LogP contribution in [-0.2, 0) is 13.5 Å². The van der Waals surface area contributed by atoms with Crippen LogP contribution < -0.4 is 11.0 Å². The van der Waals surface area contributed by atoms with E-state index in [0.717, 1.165) is 22.4 Å². The number of aryl methyl sites for hydroxylation is 2. The maximum atomic E-state index is 13.0. The first-order valence-corrected chi connectivity index (χ1v) is 9.97. The van der Waals surface area contributed by atoms with E-state index in [1.165, 1.54) is 11.7 Å². The number of fused-ring (bicyclic) bond motifs is 1. The van der Waals surface area contributed by atoms with Gasteiger partial charge < -0.3 is 0 Å². The van der Waals surface area contributed by atoms with Gasteiger partial charge in [0.2, 0.25) is 0 Å². The Balaban J connectivity index is 1.70. The molecule has 0 aliphatic rings. The smallest absolute Gasteiger partial charge is 0.267 e. The number of benzene rings is 3. The van der Waals surface area contributed by atoms with E-state index in [1.807, 2.05) is 61.5 Å². The summed E-state index contributed by atoms with van der Waals surface area (Å²) in [6.07, 6.45) is 0.561. The van der Waals surface area contributed by atoms with E-state index in [4.69, 9.17) is 0 Å². The summed E-state index contributed by atoms with van der Waals surface area (Å²) in [5.74, 6) is -0.468. The van der Waals surface area contributed by atoms with Crippen LogP contribution in [0.2, 0.25) is 0 Å². The highest BCUT2D eigenvalue weighted by atomic mass is 16.2. The fraction of sp³-hybridized carbons (Fsp3) is 0.120. The van der Waals surface area contributed by atoms with Crippen LogP contribution in [0.5, 0.6) is 0 Å². The van der Waals surface area contributed by atoms with Crippen molar-refractivity contribution in [3.05, 3.63) is 112 Å². The van der Waals surface area contributed by atoms with E-state index in [9.17, 15) is 9.59 Å². The van der Waals surface area contributed by atoms with Crippen molar-refractivity contribution in [1.29, 1.82) is 0 Å². The molecule has 0 spiro atoms. The minimum absolute atomic E-state index is 0.157. The van der Waals surface area contributed by atoms with Crippen LogP contribution in [0.25, 0.3) is 10.8 Å². The highest BCUT2D eigenvalue weighted by molar-refractivity contribution is 6.06. The second-order valence-electron chi connectivity index (χ2n) is 7.35. The molecule has 154 valence electrons. The van der Waals surface area contributed by atoms with Crippen LogP contribution in [-0.4, -0.2) is 21.4 Å². The molecule has 6 heteroatoms. The first-order chi connectivity index (χ1) is 15.0. The van der Waals surface area contributed by atoms with Crippen LogP contribution in [0.1, 0.15) is 27.2 Å². The van der Waals surface area contributed by atoms with Crippen molar-refractivity contribution in [2.24, 2.45) is 12.1 Å². The third-order valence-electron chi connectivity index (χ3n) is 5.06. The van der Waals surface area contributed by atoms with E-state index >= 15 is 0 Å². The van der Waals surface area contributed by atoms with Crippen LogP contribution >= 0.6 is 0 Å². The highest BCUT2D eigenvalue weighted by Gasteiger charge is 2.16. The van der Waals surface area contributed by atoms with Crippen molar-refractivity contribution >= 4 is 22.4 Å². The van der Waals surface area contributed by atoms with Crippen molar-refractivity contribution in [1.82, 2.24) is 15.2 Å². The second-order valence-corrected chi connectivity index (χ2v) is 7.35. The third-order valence-corrected chi connectivity index (χ3v) is 5.06. The predicted octanol–water partition coefficient (Wildman–Crippen LogP) is 3.62. The molecule has 0 unspecified atom stereocenters. The number of amides is 1. The summed E-state index contributed by atoms with van der Waals surface area (Å²) < 4.78 is 1.17. The van der Waals surface area contributed by atoms with E-state index in [2.05, 4.69) is 15.6 Å². The molecule has 6 nitrogen and oxygen atoms in total. The topological polar surface area (TPSA) is 76.3 Å². The fourth-order valence-corrected chi connectivity index (χ4v) is 3.38. The Labute approximate surface area is 179 Å². The quantitative estimate of drug-likeness (QED) is 0.403. The number of hydrogen-bond acceptors (Lipinski definition) is 4. The number of hydrogen-bond donors (Lipinski definition) is 1. The Morgan fingerprint density at radius 2 is 1.58 bits per heavy atom. The number of rotatable bonds is 5. The van der Waals surface area contributed by atoms with Gasteiger partial charge in [-0.15, -0.1) is 0 Å². The van der Waals surface area contributed by atoms with Gasteiger partial charge >= 0.3 is 0 Å². The summed E-state index contributed by atoms with van der Waals surface area (Å²) >= 11 is 0. The first kappa shape index (κ1) is 20.2. The lowest BCUT2D eigenvalue weighted by molar-refractivity contribution is 0.0949. The molecule has 4 aromatic rings. The fourth-order valence-electron chi connectivity index (χ4n) is 3.38. The average molecular weight is 410 g/mol. The molecule has 1 N–H and O–H groups in total. The Hall–Kier alpha value is -4.06. The summed E-state index contributed by atoms with van der Waals surface area (Å²) in [5.41, 5.74) is 6.43. The zero-order chi connectivity index (χ0) is 21.8. The van der Waals surface area contributed by atoms with Gasteiger partial charge in [0.25, 0.3) is 11.5 Å². The number of hydrazone groups is 1. The third kappa shape index (κ3) is 4.43. The monoisotopic (exact) mass is 410 g/mol. The lowest BCUT2D eigenvalue weighted by Crippen LogP contribution is -2.28. The van der Waals surface area contributed by atoms with E-state index < -0.39 is 5.91 Å². The Kier molecular flexibility index (Phi) is 5.71. The molecule has 0 saturated carbocycles. The van der Waals surface area contributed by atoms with Crippen LogP contribution in [0.3, 0.4) is 0 Å². The summed E-state index contributed by atoms with van der Waals surface area (Å²) in [6, 6.07) is 24.9. The lowest BCUT2D eigenvalue weighted by Gasteiger charge is -2.10. The van der Waals surface area contributed by atoms with Gasteiger partial charge in [0, 0.05) is 18.9 Å². The number of carbonyl (C=O) groups is 1. The van der Waals surface area contributed by atoms with Crippen molar-refractivity contribution < 1.29 is 4.79 Å². The zero-order valence-corrected chi connectivity index (χ0v) is 17.4. The van der Waals surface area contributed by atoms with Crippen molar-refractivity contribution in [3.63, 3.8) is 0 Å². The Bertz CT molecular complexity index is 1320. The van der Waals surface area contributed by atoms with Crippen LogP contribution in [0, 0.1) is 6.92 Å². The molecule has 31 heavy (non-hydrogen) atoms. The molecular weight excluding hydrogens is 388 g/mol. The van der Waals surface area contributed by atoms with Gasteiger partial charge in [-0.2, -0.15) is 10.2 Å². The number of nitrogens with one attached hydrogen (secondary N) is 1. The molecule has 0 bridgehead atoms. The van der Waals surface area contributed by atoms with Gasteiger partial charge in [-0.25, -0.2) is 10.1 Å². The zero-order valence-electron chi connectivity index (χ0n) is 17.4. The molecule has 0 aliphatic heterocycles. The largest absolute Gasteiger partial charge is 0.292 e. The summed E-state index contributed by atoms with van der Waals surface area (Å²) in [6.45, 7) is 2.02. The molecule has 3 aromatic carbocycles. The molecule has 1 aromatic heterocycles. The minimum Gasteiger partial charge on any atom is -0.267 e. The molecule has 1 amide bonds. The van der Waals surface area contributed by atoms with Gasteiger partial charge in [-0.1, -0.05) is 78.4 Å². The molecule has 4 rings (SSSR count). The molecule has 1 heterocycles. The molecule has 0 aliphatic carbocycles. The lowest BCUT2D eigenvalue weighted by atomic mass is 10.0. The number of nitrogens with zero attached hydrogens (tertiary/aromatic N) is 3. The van der Waals surface area contributed by atoms with E-state index in [-0.39, 0.29) is 11.3 Å². The number of aromatic nitrogens is 2. The summed E-state index contributed by atoms with van der Waals surface area (Å²) in [4.78, 5) is 25.3. The average Bonchev–Trinajstić information content (AvgIpc) is 2.80. The van der Waals surface area contributed by atoms with E-state index in [1.54, 1.807) is 24.3 Å². The van der Waals surface area contributed by atoms with Crippen molar-refractivity contribution in [2.45, 2.75) is 13.3 Å². The Morgan fingerprint density at radius 3 is 2.29 bits per heavy atom. The maximum Gasteiger partial charge on any atom is 0.292 e. The van der Waals surface area contributed by atoms with Gasteiger partial charge in [0.15, 0.2) is 5.69 Å². The standard InChI is InChI=1S/C25H22N4O2/c1-17-12-14-19(15-13-17)22(16-18-8-4-3-5-9-18)26-27-24(30)23-20-10-6-7-11-21(20)25(31)29(2)28-23/h3-15H,16H2,1-2H3,(H,27,30)/b26-22+. The predicted molar refractivity (Wildman–Crippen MR) is 122 cm³/mol. The molecule has 0 radical (unpaired) electrons. The van der Waals surface area contributed by atoms with Gasteiger partial charge in [-0.05, 0) is 24.1 Å². The van der Waals surface area contributed by atoms with Crippen LogP contribution in [0.15, 0.2) is 88.8 Å². The van der Waals surface area contributed by atoms with Crippen molar-refractivity contribution in [2.75, 3.05) is 0 Å². The first-order valence-electron chi connectivity index (χ1n) is 9.97. The summed E-state index contributed by atoms with van der Waals surface area (Å²) in [5, 5.41) is 9.55. The number of carbonyl (C=O) groups excluding carboxylic acids is 1. The SMILES string of the molecule is Cc1ccc(/C(Cc2ccccc2)=N/NC(=O)c2nn(C)c(=O)c3ccccc23)cc1. The van der Waals surface area contributed by atoms with E-state index in [0.29, 0.717) is 17.2 Å². The Morgan fingerprint density at radius 1 is 0.935 bits per heavy atom. The molecule has 0 saturated heterocycles. The van der Waals surface area contributed by atoms with Crippen molar-refractivity contribution in [3.8, 4) is 0 Å². The second kappa shape index (κ2) is 8.75. The normalized spacial score (nSPS) is 11.5. The molecule has 0 fully saturated rings. The van der Waals surface area contributed by atoms with Crippen LogP contribution in [0.4, 0.5) is 0 Å². The van der Waals surface area contributed by atoms with Gasteiger partial charge in [-0.3, -0.25) is 9.59 Å². The van der Waals surface area contributed by atoms with Gasteiger partial charge in [0.05, 0.1) is 11.1 Å². The summed E-state index contributed by atoms with van der Waals surface area (Å²) in [7, 11) is 1.53. The minimum atomic E-state index is -0.468. The van der Waals surface area contributed by atoms with Gasteiger partial charge in [0.1, 0.15) is 0 Å². The highest BCUT2D eigenvalue weighted by Crippen LogP contribution is 2.14. The maximum absolute atomic E-state index is 13.0. The molecular formula is C25H22N4O2. The molecule has 0 atom stereocenters.